The second-order valence-corrected chi connectivity index (χ2v) is 5.98. The Hall–Kier alpha value is -1.96. The van der Waals surface area contributed by atoms with Crippen LogP contribution in [0.25, 0.3) is 0 Å². The number of rotatable bonds is 4. The summed E-state index contributed by atoms with van der Waals surface area (Å²) in [5.41, 5.74) is 0.861. The number of aromatic nitrogens is 1. The maximum Gasteiger partial charge on any atom is 0.290 e. The fraction of sp³-hybridized carbons (Fsp3) is 0.571. The standard InChI is InChI=1S/C13H19N3O2S.CH2O2/c1-4-5-15-7-12(17)16(9(2)13(15)18)6-11-8-19-10(3)14-11;2-1-3/h8-9H,4-7H2,1-3H3;1H,(H,2,3)/t9-;/m1./s1. The summed E-state index contributed by atoms with van der Waals surface area (Å²) in [5, 5.41) is 9.81. The lowest BCUT2D eigenvalue weighted by Gasteiger charge is -2.38. The third-order valence-corrected chi connectivity index (χ3v) is 4.10. The molecule has 0 radical (unpaired) electrons. The van der Waals surface area contributed by atoms with Crippen LogP contribution in [0.2, 0.25) is 0 Å². The number of piperazine rings is 1. The first-order chi connectivity index (χ1) is 10.4. The van der Waals surface area contributed by atoms with Gasteiger partial charge in [-0.3, -0.25) is 14.4 Å². The summed E-state index contributed by atoms with van der Waals surface area (Å²) in [5.74, 6) is 0.0413. The van der Waals surface area contributed by atoms with Crippen molar-refractivity contribution in [3.05, 3.63) is 16.1 Å². The van der Waals surface area contributed by atoms with Crippen LogP contribution in [0.15, 0.2) is 5.38 Å². The first kappa shape index (κ1) is 18.1. The van der Waals surface area contributed by atoms with E-state index in [1.165, 1.54) is 0 Å². The molecule has 0 bridgehead atoms. The molecule has 0 spiro atoms. The number of carboxylic acid groups (broad SMARTS) is 1. The quantitative estimate of drug-likeness (QED) is 0.837. The Morgan fingerprint density at radius 3 is 2.64 bits per heavy atom. The van der Waals surface area contributed by atoms with Gasteiger partial charge in [-0.05, 0) is 20.3 Å². The molecule has 122 valence electrons. The Labute approximate surface area is 133 Å². The van der Waals surface area contributed by atoms with Crippen LogP contribution in [-0.4, -0.2) is 57.3 Å². The van der Waals surface area contributed by atoms with Gasteiger partial charge in [0.1, 0.15) is 6.04 Å². The minimum Gasteiger partial charge on any atom is -0.483 e. The molecule has 0 aromatic carbocycles. The molecule has 1 aromatic heterocycles. The average molecular weight is 327 g/mol. The SMILES string of the molecule is CCCN1CC(=O)N(Cc2csc(C)n2)[C@H](C)C1=O.O=CO. The molecule has 2 amide bonds. The molecular weight excluding hydrogens is 306 g/mol. The largest absolute Gasteiger partial charge is 0.483 e. The maximum absolute atomic E-state index is 12.2. The van der Waals surface area contributed by atoms with Crippen LogP contribution in [0.5, 0.6) is 0 Å². The molecule has 22 heavy (non-hydrogen) atoms. The molecule has 0 unspecified atom stereocenters. The number of carbonyl (C=O) groups is 3. The van der Waals surface area contributed by atoms with E-state index in [1.54, 1.807) is 28.1 Å². The highest BCUT2D eigenvalue weighted by Gasteiger charge is 2.36. The van der Waals surface area contributed by atoms with Crippen molar-refractivity contribution in [2.45, 2.75) is 39.8 Å². The van der Waals surface area contributed by atoms with E-state index in [0.717, 1.165) is 17.1 Å². The molecule has 1 aliphatic rings. The fourth-order valence-corrected chi connectivity index (χ4v) is 2.89. The van der Waals surface area contributed by atoms with Gasteiger partial charge in [0, 0.05) is 11.9 Å². The van der Waals surface area contributed by atoms with Gasteiger partial charge < -0.3 is 14.9 Å². The summed E-state index contributed by atoms with van der Waals surface area (Å²) < 4.78 is 0. The van der Waals surface area contributed by atoms with E-state index in [0.29, 0.717) is 13.1 Å². The Bertz CT molecular complexity index is 532. The van der Waals surface area contributed by atoms with Gasteiger partial charge in [0.25, 0.3) is 6.47 Å². The van der Waals surface area contributed by atoms with Gasteiger partial charge in [0.2, 0.25) is 11.8 Å². The normalized spacial score (nSPS) is 18.0. The van der Waals surface area contributed by atoms with E-state index in [9.17, 15) is 9.59 Å². The maximum atomic E-state index is 12.2. The van der Waals surface area contributed by atoms with Crippen LogP contribution >= 0.6 is 11.3 Å². The van der Waals surface area contributed by atoms with Crippen LogP contribution in [0.1, 0.15) is 31.0 Å². The minimum absolute atomic E-state index is 0.00574. The molecule has 1 N–H and O–H groups in total. The molecule has 0 aliphatic carbocycles. The van der Waals surface area contributed by atoms with E-state index in [-0.39, 0.29) is 24.8 Å². The summed E-state index contributed by atoms with van der Waals surface area (Å²) in [6, 6.07) is -0.394. The Kier molecular flexibility index (Phi) is 6.97. The Balaban J connectivity index is 0.000000745. The van der Waals surface area contributed by atoms with Crippen molar-refractivity contribution in [3.63, 3.8) is 0 Å². The summed E-state index contributed by atoms with van der Waals surface area (Å²) >= 11 is 1.56. The van der Waals surface area contributed by atoms with E-state index < -0.39 is 6.04 Å². The predicted octanol–water partition coefficient (Wildman–Crippen LogP) is 1.12. The molecule has 0 saturated carbocycles. The monoisotopic (exact) mass is 327 g/mol. The molecule has 7 nitrogen and oxygen atoms in total. The van der Waals surface area contributed by atoms with E-state index >= 15 is 0 Å². The third-order valence-electron chi connectivity index (χ3n) is 3.28. The number of thiazole rings is 1. The molecule has 2 heterocycles. The van der Waals surface area contributed by atoms with E-state index in [2.05, 4.69) is 4.98 Å². The van der Waals surface area contributed by atoms with Crippen molar-refractivity contribution in [2.24, 2.45) is 0 Å². The van der Waals surface area contributed by atoms with Crippen molar-refractivity contribution in [3.8, 4) is 0 Å². The van der Waals surface area contributed by atoms with Crippen LogP contribution in [-0.2, 0) is 20.9 Å². The number of nitrogens with zero attached hydrogens (tertiary/aromatic N) is 3. The highest BCUT2D eigenvalue weighted by atomic mass is 32.1. The summed E-state index contributed by atoms with van der Waals surface area (Å²) in [6.07, 6.45) is 0.872. The van der Waals surface area contributed by atoms with Crippen LogP contribution < -0.4 is 0 Å². The van der Waals surface area contributed by atoms with Crippen molar-refractivity contribution in [2.75, 3.05) is 13.1 Å². The van der Waals surface area contributed by atoms with Crippen LogP contribution in [0, 0.1) is 6.92 Å². The number of hydrogen-bond acceptors (Lipinski definition) is 5. The molecule has 1 fully saturated rings. The van der Waals surface area contributed by atoms with Crippen LogP contribution in [0.4, 0.5) is 0 Å². The summed E-state index contributed by atoms with van der Waals surface area (Å²) in [4.78, 5) is 40.3. The molecule has 8 heteroatoms. The van der Waals surface area contributed by atoms with Crippen molar-refractivity contribution < 1.29 is 19.5 Å². The van der Waals surface area contributed by atoms with Crippen molar-refractivity contribution in [1.82, 2.24) is 14.8 Å². The van der Waals surface area contributed by atoms with Gasteiger partial charge in [-0.2, -0.15) is 0 Å². The Morgan fingerprint density at radius 2 is 2.14 bits per heavy atom. The lowest BCUT2D eigenvalue weighted by atomic mass is 10.1. The highest BCUT2D eigenvalue weighted by molar-refractivity contribution is 7.09. The summed E-state index contributed by atoms with van der Waals surface area (Å²) in [7, 11) is 0. The van der Waals surface area contributed by atoms with Gasteiger partial charge in [-0.1, -0.05) is 6.92 Å². The lowest BCUT2D eigenvalue weighted by Crippen LogP contribution is -2.58. The molecule has 1 atom stereocenters. The fourth-order valence-electron chi connectivity index (χ4n) is 2.29. The number of aryl methyl sites for hydroxylation is 1. The van der Waals surface area contributed by atoms with Gasteiger partial charge in [-0.15, -0.1) is 11.3 Å². The Morgan fingerprint density at radius 1 is 1.50 bits per heavy atom. The van der Waals surface area contributed by atoms with E-state index in [1.807, 2.05) is 19.2 Å². The third kappa shape index (κ3) is 4.52. The molecular formula is C14H21N3O4S. The molecule has 1 saturated heterocycles. The van der Waals surface area contributed by atoms with Gasteiger partial charge in [0.05, 0.1) is 23.8 Å². The zero-order valence-corrected chi connectivity index (χ0v) is 13.8. The van der Waals surface area contributed by atoms with E-state index in [4.69, 9.17) is 9.90 Å². The zero-order chi connectivity index (χ0) is 16.7. The first-order valence-corrected chi connectivity index (χ1v) is 7.89. The average Bonchev–Trinajstić information content (AvgIpc) is 2.87. The topological polar surface area (TPSA) is 90.8 Å². The summed E-state index contributed by atoms with van der Waals surface area (Å²) in [6.45, 7) is 6.76. The molecule has 1 aliphatic heterocycles. The molecule has 1 aromatic rings. The first-order valence-electron chi connectivity index (χ1n) is 7.01. The van der Waals surface area contributed by atoms with Crippen molar-refractivity contribution >= 4 is 29.6 Å². The van der Waals surface area contributed by atoms with Crippen molar-refractivity contribution in [1.29, 1.82) is 0 Å². The minimum atomic E-state index is -0.394. The zero-order valence-electron chi connectivity index (χ0n) is 13.0. The van der Waals surface area contributed by atoms with Gasteiger partial charge >= 0.3 is 0 Å². The number of carbonyl (C=O) groups excluding carboxylic acids is 2. The second kappa shape index (κ2) is 8.47. The van der Waals surface area contributed by atoms with Gasteiger partial charge in [0.15, 0.2) is 0 Å². The number of amides is 2. The molecule has 2 rings (SSSR count). The second-order valence-electron chi connectivity index (χ2n) is 4.92. The highest BCUT2D eigenvalue weighted by Crippen LogP contribution is 2.17. The number of hydrogen-bond donors (Lipinski definition) is 1. The predicted molar refractivity (Wildman–Crippen MR) is 82.4 cm³/mol. The van der Waals surface area contributed by atoms with Gasteiger partial charge in [-0.25, -0.2) is 4.98 Å². The van der Waals surface area contributed by atoms with Crippen LogP contribution in [0.3, 0.4) is 0 Å². The lowest BCUT2D eigenvalue weighted by molar-refractivity contribution is -0.155. The smallest absolute Gasteiger partial charge is 0.290 e.